The van der Waals surface area contributed by atoms with Crippen LogP contribution in [0.3, 0.4) is 0 Å². The minimum Gasteiger partial charge on any atom is -0.490 e. The first-order valence-corrected chi connectivity index (χ1v) is 9.11. The number of nitrogen functional groups attached to an aromatic ring is 1. The van der Waals surface area contributed by atoms with Crippen molar-refractivity contribution < 1.29 is 17.9 Å². The van der Waals surface area contributed by atoms with Crippen molar-refractivity contribution in [2.24, 2.45) is 5.73 Å². The van der Waals surface area contributed by atoms with Crippen LogP contribution in [0.15, 0.2) is 42.7 Å². The molecular formula is C17H21N5O4S. The zero-order valence-corrected chi connectivity index (χ0v) is 15.7. The molecule has 0 atom stereocenters. The van der Waals surface area contributed by atoms with E-state index in [9.17, 15) is 13.2 Å². The lowest BCUT2D eigenvalue weighted by atomic mass is 10.1. The highest BCUT2D eigenvalue weighted by atomic mass is 32.2. The molecule has 10 heteroatoms. The molecule has 0 saturated carbocycles. The van der Waals surface area contributed by atoms with E-state index in [4.69, 9.17) is 15.9 Å². The van der Waals surface area contributed by atoms with Gasteiger partial charge in [0.15, 0.2) is 0 Å². The van der Waals surface area contributed by atoms with Gasteiger partial charge in [0.2, 0.25) is 10.9 Å². The van der Waals surface area contributed by atoms with Gasteiger partial charge >= 0.3 is 0 Å². The first-order chi connectivity index (χ1) is 12.7. The van der Waals surface area contributed by atoms with E-state index in [-0.39, 0.29) is 35.4 Å². The van der Waals surface area contributed by atoms with Crippen molar-refractivity contribution in [3.05, 3.63) is 53.9 Å². The van der Waals surface area contributed by atoms with E-state index in [0.29, 0.717) is 5.56 Å². The second-order valence-electron chi connectivity index (χ2n) is 6.32. The maximum atomic E-state index is 12.3. The van der Waals surface area contributed by atoms with Gasteiger partial charge in [0.25, 0.3) is 5.91 Å². The highest BCUT2D eigenvalue weighted by Gasteiger charge is 2.23. The van der Waals surface area contributed by atoms with Gasteiger partial charge in [-0.15, -0.1) is 0 Å². The molecule has 27 heavy (non-hydrogen) atoms. The van der Waals surface area contributed by atoms with Gasteiger partial charge < -0.3 is 15.8 Å². The van der Waals surface area contributed by atoms with Gasteiger partial charge in [0.05, 0.1) is 16.8 Å². The van der Waals surface area contributed by atoms with Crippen molar-refractivity contribution in [1.82, 2.24) is 10.3 Å². The number of nitrogens with one attached hydrogen (secondary N) is 3. The first-order valence-electron chi connectivity index (χ1n) is 7.93. The molecule has 0 saturated heterocycles. The third-order valence-electron chi connectivity index (χ3n) is 3.49. The van der Waals surface area contributed by atoms with Crippen molar-refractivity contribution in [3.8, 4) is 5.75 Å². The van der Waals surface area contributed by atoms with E-state index < -0.39 is 16.4 Å². The number of nitrogens with zero attached hydrogens (tertiary/aromatic N) is 1. The molecule has 2 aromatic rings. The van der Waals surface area contributed by atoms with E-state index >= 15 is 0 Å². The molecule has 0 spiro atoms. The summed E-state index contributed by atoms with van der Waals surface area (Å²) in [6.07, 6.45) is 3.05. The molecule has 1 heterocycles. The number of rotatable bonds is 8. The fourth-order valence-electron chi connectivity index (χ4n) is 2.30. The Labute approximate surface area is 158 Å². The Hall–Kier alpha value is -3.14. The summed E-state index contributed by atoms with van der Waals surface area (Å²) in [6, 6.07) is 7.82. The van der Waals surface area contributed by atoms with Crippen LogP contribution < -0.4 is 20.5 Å². The number of aromatic nitrogens is 1. The zero-order chi connectivity index (χ0) is 20.0. The van der Waals surface area contributed by atoms with E-state index in [1.807, 2.05) is 0 Å². The summed E-state index contributed by atoms with van der Waals surface area (Å²) in [5.74, 6) is -0.393. The van der Waals surface area contributed by atoms with Gasteiger partial charge in [-0.3, -0.25) is 19.9 Å². The average molecular weight is 391 g/mol. The van der Waals surface area contributed by atoms with Crippen molar-refractivity contribution in [2.75, 3.05) is 11.3 Å². The Morgan fingerprint density at radius 3 is 2.52 bits per heavy atom. The topological polar surface area (TPSA) is 147 Å². The second-order valence-corrected chi connectivity index (χ2v) is 7.06. The minimum absolute atomic E-state index is 0.0665. The molecule has 0 aliphatic heterocycles. The molecule has 0 bridgehead atoms. The number of amidine groups is 1. The number of anilines is 1. The number of nitrogens with two attached hydrogens (primary N) is 1. The fraction of sp³-hybridized carbons (Fsp3) is 0.235. The number of hydrogen-bond acceptors (Lipinski definition) is 6. The van der Waals surface area contributed by atoms with Crippen LogP contribution in [0.2, 0.25) is 0 Å². The highest BCUT2D eigenvalue weighted by Crippen LogP contribution is 2.27. The number of benzene rings is 1. The Balaban J connectivity index is 2.15. The monoisotopic (exact) mass is 391 g/mol. The molecule has 1 amide bonds. The van der Waals surface area contributed by atoms with E-state index in [1.165, 1.54) is 18.5 Å². The van der Waals surface area contributed by atoms with E-state index in [2.05, 4.69) is 15.0 Å². The SMILES string of the molecule is CC(C)(COc1cccc(N[SH](=O)=O)c1C(=N)N)NC(=O)c1ccncc1. The fourth-order valence-corrected chi connectivity index (χ4v) is 2.68. The number of carbonyl (C=O) groups is 1. The van der Waals surface area contributed by atoms with Crippen molar-refractivity contribution in [2.45, 2.75) is 19.4 Å². The summed E-state index contributed by atoms with van der Waals surface area (Å²) in [7, 11) is -2.92. The van der Waals surface area contributed by atoms with Crippen molar-refractivity contribution >= 4 is 28.3 Å². The van der Waals surface area contributed by atoms with Gasteiger partial charge in [-0.2, -0.15) is 0 Å². The Morgan fingerprint density at radius 1 is 1.26 bits per heavy atom. The van der Waals surface area contributed by atoms with Crippen LogP contribution >= 0.6 is 0 Å². The molecule has 1 aromatic heterocycles. The Bertz CT molecular complexity index is 905. The smallest absolute Gasteiger partial charge is 0.251 e. The predicted molar refractivity (Wildman–Crippen MR) is 103 cm³/mol. The number of pyridine rings is 1. The standard InChI is InChI=1S/C17H21N5O4S/c1-17(2,21-16(23)11-6-8-20-9-7-11)10-26-13-5-3-4-12(22-27(24)25)14(13)15(18)19/h3-9,27H,10H2,1-2H3,(H3,18,19)(H,21,23)(H,22,24,25). The second kappa shape index (κ2) is 8.49. The minimum atomic E-state index is -2.92. The molecule has 9 nitrogen and oxygen atoms in total. The molecule has 0 unspecified atom stereocenters. The number of amides is 1. The number of thiol groups is 1. The van der Waals surface area contributed by atoms with Crippen molar-refractivity contribution in [3.63, 3.8) is 0 Å². The quantitative estimate of drug-likeness (QED) is 0.256. The van der Waals surface area contributed by atoms with Gasteiger partial charge in [-0.1, -0.05) is 6.07 Å². The summed E-state index contributed by atoms with van der Waals surface area (Å²) in [4.78, 5) is 16.2. The molecule has 144 valence electrons. The number of hydrogen-bond donors (Lipinski definition) is 5. The van der Waals surface area contributed by atoms with Crippen LogP contribution in [0.5, 0.6) is 5.75 Å². The number of carbonyl (C=O) groups excluding carboxylic acids is 1. The molecule has 0 aliphatic rings. The summed E-state index contributed by atoms with van der Waals surface area (Å²) in [5, 5.41) is 10.6. The van der Waals surface area contributed by atoms with Crippen molar-refractivity contribution in [1.29, 1.82) is 5.41 Å². The Morgan fingerprint density at radius 2 is 1.93 bits per heavy atom. The number of ether oxygens (including phenoxy) is 1. The van der Waals surface area contributed by atoms with Gasteiger partial charge in [0, 0.05) is 18.0 Å². The summed E-state index contributed by atoms with van der Waals surface area (Å²) < 4.78 is 29.9. The van der Waals surface area contributed by atoms with Gasteiger partial charge in [-0.05, 0) is 38.1 Å². The maximum Gasteiger partial charge on any atom is 0.251 e. The summed E-state index contributed by atoms with van der Waals surface area (Å²) in [6.45, 7) is 3.61. The average Bonchev–Trinajstić information content (AvgIpc) is 2.59. The molecule has 5 N–H and O–H groups in total. The third kappa shape index (κ3) is 5.68. The largest absolute Gasteiger partial charge is 0.490 e. The van der Waals surface area contributed by atoms with Crippen LogP contribution in [-0.4, -0.2) is 37.3 Å². The van der Waals surface area contributed by atoms with Crippen LogP contribution in [-0.2, 0) is 10.9 Å². The zero-order valence-electron chi connectivity index (χ0n) is 14.9. The first kappa shape index (κ1) is 20.2. The predicted octanol–water partition coefficient (Wildman–Crippen LogP) is 0.891. The van der Waals surface area contributed by atoms with E-state index in [0.717, 1.165) is 0 Å². The van der Waals surface area contributed by atoms with Crippen LogP contribution in [0.1, 0.15) is 29.8 Å². The molecule has 0 radical (unpaired) electrons. The molecule has 0 fully saturated rings. The normalized spacial score (nSPS) is 11.1. The van der Waals surface area contributed by atoms with Crippen LogP contribution in [0.4, 0.5) is 5.69 Å². The lowest BCUT2D eigenvalue weighted by Gasteiger charge is -2.27. The maximum absolute atomic E-state index is 12.3. The van der Waals surface area contributed by atoms with Crippen LogP contribution in [0, 0.1) is 5.41 Å². The highest BCUT2D eigenvalue weighted by molar-refractivity contribution is 7.73. The summed E-state index contributed by atoms with van der Waals surface area (Å²) in [5.41, 5.74) is 5.58. The van der Waals surface area contributed by atoms with E-state index in [1.54, 1.807) is 38.1 Å². The lowest BCUT2D eigenvalue weighted by Crippen LogP contribution is -2.48. The van der Waals surface area contributed by atoms with Gasteiger partial charge in [0.1, 0.15) is 18.2 Å². The third-order valence-corrected chi connectivity index (χ3v) is 3.91. The molecular weight excluding hydrogens is 370 g/mol. The summed E-state index contributed by atoms with van der Waals surface area (Å²) >= 11 is 0. The lowest BCUT2D eigenvalue weighted by molar-refractivity contribution is 0.0880. The Kier molecular flexibility index (Phi) is 6.35. The van der Waals surface area contributed by atoms with Gasteiger partial charge in [-0.25, -0.2) is 8.42 Å². The molecule has 2 rings (SSSR count). The molecule has 1 aromatic carbocycles. The van der Waals surface area contributed by atoms with Crippen LogP contribution in [0.25, 0.3) is 0 Å². The molecule has 0 aliphatic carbocycles.